The molecule has 0 saturated carbocycles. The molecule has 5 heteroatoms. The zero-order valence-corrected chi connectivity index (χ0v) is 11.2. The number of esters is 1. The average molecular weight is 268 g/mol. The van der Waals surface area contributed by atoms with Crippen LogP contribution in [0.4, 0.5) is 13.2 Å². The molecule has 0 aliphatic heterocycles. The molecule has 108 valence electrons. The van der Waals surface area contributed by atoms with Crippen LogP contribution in [0.3, 0.4) is 0 Å². The quantitative estimate of drug-likeness (QED) is 0.455. The maximum atomic E-state index is 12.3. The van der Waals surface area contributed by atoms with Gasteiger partial charge < -0.3 is 4.74 Å². The molecule has 0 fully saturated rings. The van der Waals surface area contributed by atoms with Crippen LogP contribution < -0.4 is 0 Å². The predicted octanol–water partition coefficient (Wildman–Crippen LogP) is 4.48. The van der Waals surface area contributed by atoms with Crippen molar-refractivity contribution < 1.29 is 22.7 Å². The molecule has 1 atom stereocenters. The molecule has 0 radical (unpaired) electrons. The molecule has 0 spiro atoms. The maximum Gasteiger partial charge on any atom is 0.389 e. The summed E-state index contributed by atoms with van der Waals surface area (Å²) in [5.41, 5.74) is 0. The van der Waals surface area contributed by atoms with Gasteiger partial charge >= 0.3 is 12.1 Å². The van der Waals surface area contributed by atoms with Crippen LogP contribution in [0.25, 0.3) is 0 Å². The topological polar surface area (TPSA) is 26.3 Å². The van der Waals surface area contributed by atoms with Gasteiger partial charge in [-0.25, -0.2) is 0 Å². The molecule has 0 rings (SSSR count). The highest BCUT2D eigenvalue weighted by atomic mass is 19.4. The Kier molecular flexibility index (Phi) is 8.85. The van der Waals surface area contributed by atoms with Gasteiger partial charge in [0.05, 0.1) is 18.9 Å². The molecule has 18 heavy (non-hydrogen) atoms. The van der Waals surface area contributed by atoms with Gasteiger partial charge in [0.1, 0.15) is 0 Å². The molecule has 0 aliphatic carbocycles. The molecule has 1 unspecified atom stereocenters. The Labute approximate surface area is 107 Å². The van der Waals surface area contributed by atoms with Gasteiger partial charge in [-0.2, -0.15) is 13.2 Å². The van der Waals surface area contributed by atoms with Crippen molar-refractivity contribution in [3.8, 4) is 0 Å². The van der Waals surface area contributed by atoms with E-state index in [9.17, 15) is 18.0 Å². The first kappa shape index (κ1) is 17.3. The Bertz CT molecular complexity index is 227. The van der Waals surface area contributed by atoms with E-state index in [-0.39, 0.29) is 13.0 Å². The first-order valence-electron chi connectivity index (χ1n) is 6.64. The standard InChI is InChI=1S/C13H23F3O2/c1-3-5-6-7-8-9-11(10-13(14,15)16)12(17)18-4-2/h11H,3-10H2,1-2H3. The number of hydrogen-bond acceptors (Lipinski definition) is 2. The van der Waals surface area contributed by atoms with Crippen molar-refractivity contribution >= 4 is 5.97 Å². The highest BCUT2D eigenvalue weighted by Crippen LogP contribution is 2.28. The summed E-state index contributed by atoms with van der Waals surface area (Å²) in [7, 11) is 0. The molecule has 0 heterocycles. The van der Waals surface area contributed by atoms with E-state index in [1.807, 2.05) is 0 Å². The SMILES string of the molecule is CCCCCCCC(CC(F)(F)F)C(=O)OCC. The van der Waals surface area contributed by atoms with Gasteiger partial charge in [-0.15, -0.1) is 0 Å². The number of alkyl halides is 3. The maximum absolute atomic E-state index is 12.3. The van der Waals surface area contributed by atoms with Gasteiger partial charge in [-0.1, -0.05) is 39.0 Å². The average Bonchev–Trinajstić information content (AvgIpc) is 2.26. The van der Waals surface area contributed by atoms with Crippen LogP contribution in [0.15, 0.2) is 0 Å². The monoisotopic (exact) mass is 268 g/mol. The van der Waals surface area contributed by atoms with Crippen LogP contribution in [-0.4, -0.2) is 18.8 Å². The second-order valence-corrected chi connectivity index (χ2v) is 4.47. The van der Waals surface area contributed by atoms with E-state index in [4.69, 9.17) is 0 Å². The summed E-state index contributed by atoms with van der Waals surface area (Å²) in [5, 5.41) is 0. The molecule has 0 N–H and O–H groups in total. The number of ether oxygens (including phenoxy) is 1. The lowest BCUT2D eigenvalue weighted by molar-refractivity contribution is -0.168. The third-order valence-corrected chi connectivity index (χ3v) is 2.75. The Morgan fingerprint density at radius 2 is 1.72 bits per heavy atom. The third kappa shape index (κ3) is 9.31. The fraction of sp³-hybridized carbons (Fsp3) is 0.923. The minimum atomic E-state index is -4.30. The fourth-order valence-corrected chi connectivity index (χ4v) is 1.84. The smallest absolute Gasteiger partial charge is 0.389 e. The molecule has 0 bridgehead atoms. The lowest BCUT2D eigenvalue weighted by Gasteiger charge is -2.17. The van der Waals surface area contributed by atoms with Crippen molar-refractivity contribution in [2.24, 2.45) is 5.92 Å². The summed E-state index contributed by atoms with van der Waals surface area (Å²) in [4.78, 5) is 11.4. The number of unbranched alkanes of at least 4 members (excludes halogenated alkanes) is 4. The molecule has 0 saturated heterocycles. The van der Waals surface area contributed by atoms with E-state index in [1.54, 1.807) is 6.92 Å². The molecular weight excluding hydrogens is 245 g/mol. The molecule has 0 aromatic rings. The van der Waals surface area contributed by atoms with Gasteiger partial charge in [0.25, 0.3) is 0 Å². The van der Waals surface area contributed by atoms with Crippen molar-refractivity contribution in [2.75, 3.05) is 6.61 Å². The molecule has 0 aromatic carbocycles. The van der Waals surface area contributed by atoms with Crippen molar-refractivity contribution in [1.82, 2.24) is 0 Å². The van der Waals surface area contributed by atoms with Crippen LogP contribution >= 0.6 is 0 Å². The summed E-state index contributed by atoms with van der Waals surface area (Å²) in [6.45, 7) is 3.80. The molecule has 0 aliphatic rings. The number of carbonyl (C=O) groups excluding carboxylic acids is 1. The van der Waals surface area contributed by atoms with Crippen LogP contribution in [0.2, 0.25) is 0 Å². The zero-order chi connectivity index (χ0) is 14.0. The Morgan fingerprint density at radius 3 is 2.22 bits per heavy atom. The second-order valence-electron chi connectivity index (χ2n) is 4.47. The van der Waals surface area contributed by atoms with Gasteiger partial charge in [0.15, 0.2) is 0 Å². The van der Waals surface area contributed by atoms with E-state index in [0.29, 0.717) is 6.42 Å². The lowest BCUT2D eigenvalue weighted by atomic mass is 9.97. The van der Waals surface area contributed by atoms with E-state index >= 15 is 0 Å². The highest BCUT2D eigenvalue weighted by molar-refractivity contribution is 5.72. The second kappa shape index (κ2) is 9.22. The molecular formula is C13H23F3O2. The number of carbonyl (C=O) groups is 1. The molecule has 0 amide bonds. The van der Waals surface area contributed by atoms with E-state index in [1.165, 1.54) is 0 Å². The first-order valence-corrected chi connectivity index (χ1v) is 6.64. The Morgan fingerprint density at radius 1 is 1.11 bits per heavy atom. The zero-order valence-electron chi connectivity index (χ0n) is 11.2. The minimum Gasteiger partial charge on any atom is -0.466 e. The Hall–Kier alpha value is -0.740. The minimum absolute atomic E-state index is 0.128. The van der Waals surface area contributed by atoms with Crippen LogP contribution in [0.1, 0.15) is 58.8 Å². The third-order valence-electron chi connectivity index (χ3n) is 2.75. The number of halogens is 3. The van der Waals surface area contributed by atoms with Gasteiger partial charge in [-0.05, 0) is 13.3 Å². The number of rotatable bonds is 9. The van der Waals surface area contributed by atoms with Crippen molar-refractivity contribution in [1.29, 1.82) is 0 Å². The summed E-state index contributed by atoms with van der Waals surface area (Å²) in [6, 6.07) is 0. The summed E-state index contributed by atoms with van der Waals surface area (Å²) < 4.78 is 41.7. The van der Waals surface area contributed by atoms with Crippen molar-refractivity contribution in [2.45, 2.75) is 65.0 Å². The van der Waals surface area contributed by atoms with Crippen LogP contribution in [0, 0.1) is 5.92 Å². The molecule has 0 aromatic heterocycles. The van der Waals surface area contributed by atoms with Gasteiger partial charge in [0.2, 0.25) is 0 Å². The summed E-state index contributed by atoms with van der Waals surface area (Å²) in [6.07, 6.45) is -0.394. The van der Waals surface area contributed by atoms with Crippen molar-refractivity contribution in [3.63, 3.8) is 0 Å². The van der Waals surface area contributed by atoms with Crippen molar-refractivity contribution in [3.05, 3.63) is 0 Å². The first-order chi connectivity index (χ1) is 8.40. The van der Waals surface area contributed by atoms with Crippen LogP contribution in [0.5, 0.6) is 0 Å². The summed E-state index contributed by atoms with van der Waals surface area (Å²) >= 11 is 0. The van der Waals surface area contributed by atoms with E-state index < -0.39 is 24.5 Å². The highest BCUT2D eigenvalue weighted by Gasteiger charge is 2.35. The van der Waals surface area contributed by atoms with Gasteiger partial charge in [-0.3, -0.25) is 4.79 Å². The summed E-state index contributed by atoms with van der Waals surface area (Å²) in [5.74, 6) is -1.75. The van der Waals surface area contributed by atoms with Crippen LogP contribution in [-0.2, 0) is 9.53 Å². The lowest BCUT2D eigenvalue weighted by Crippen LogP contribution is -2.24. The predicted molar refractivity (Wildman–Crippen MR) is 64.2 cm³/mol. The van der Waals surface area contributed by atoms with Gasteiger partial charge in [0, 0.05) is 0 Å². The van der Waals surface area contributed by atoms with E-state index in [0.717, 1.165) is 25.7 Å². The molecule has 2 nitrogen and oxygen atoms in total. The Balaban J connectivity index is 4.09. The largest absolute Gasteiger partial charge is 0.466 e. The fourth-order valence-electron chi connectivity index (χ4n) is 1.84. The normalized spacial score (nSPS) is 13.4. The van der Waals surface area contributed by atoms with E-state index in [2.05, 4.69) is 11.7 Å². The number of hydrogen-bond donors (Lipinski definition) is 0.